The number of phosphoric ester groups is 1. The van der Waals surface area contributed by atoms with Crippen molar-refractivity contribution in [1.82, 2.24) is 5.32 Å². The maximum atomic E-state index is 12.9. The summed E-state index contributed by atoms with van der Waals surface area (Å²) in [6, 6.07) is -0.904. The normalized spacial score (nSPS) is 16.1. The van der Waals surface area contributed by atoms with Crippen LogP contribution in [-0.4, -0.2) is 68.5 Å². The molecular formula is C49H97N2O6P. The van der Waals surface area contributed by atoms with Gasteiger partial charge < -0.3 is 28.8 Å². The molecule has 0 saturated heterocycles. The summed E-state index contributed by atoms with van der Waals surface area (Å²) in [5, 5.41) is 13.8. The predicted octanol–water partition coefficient (Wildman–Crippen LogP) is 13.5. The van der Waals surface area contributed by atoms with E-state index in [1.165, 1.54) is 116 Å². The maximum absolute atomic E-state index is 12.9. The number of nitrogens with zero attached hydrogens (tertiary/aromatic N) is 1. The Hall–Kier alpha value is -1.02. The summed E-state index contributed by atoms with van der Waals surface area (Å²) in [7, 11) is 1.22. The van der Waals surface area contributed by atoms with Gasteiger partial charge in [-0.1, -0.05) is 205 Å². The molecule has 1 unspecified atom stereocenters. The molecular weight excluding hydrogens is 744 g/mol. The van der Waals surface area contributed by atoms with Gasteiger partial charge >= 0.3 is 0 Å². The lowest BCUT2D eigenvalue weighted by atomic mass is 10.0. The SMILES string of the molecule is [2H]C([2H])([2H])C([2H])([2H])CCCCCC/C=C\CCCCCCCCCCCCCCCC(=O)N[C@@H](COP(=O)([O-])OCC[N+](C)(C)C)[C@H](O)/C=C/CCCCCCCCCCCCC. The van der Waals surface area contributed by atoms with Crippen LogP contribution in [0, 0.1) is 0 Å². The largest absolute Gasteiger partial charge is 0.756 e. The van der Waals surface area contributed by atoms with Gasteiger partial charge in [0.25, 0.3) is 7.82 Å². The number of unbranched alkanes of at least 4 members (excludes halogenated alkanes) is 28. The van der Waals surface area contributed by atoms with Crippen LogP contribution >= 0.6 is 7.82 Å². The number of carbonyl (C=O) groups is 1. The fraction of sp³-hybridized carbons (Fsp3) is 0.898. The molecule has 9 heteroatoms. The molecule has 0 radical (unpaired) electrons. The molecule has 3 atom stereocenters. The monoisotopic (exact) mass is 846 g/mol. The van der Waals surface area contributed by atoms with Crippen molar-refractivity contribution in [3.63, 3.8) is 0 Å². The third-order valence-corrected chi connectivity index (χ3v) is 11.8. The van der Waals surface area contributed by atoms with Crippen LogP contribution in [0.2, 0.25) is 0 Å². The number of nitrogens with one attached hydrogen (secondary N) is 1. The Bertz CT molecular complexity index is 1180. The molecule has 1 amide bonds. The van der Waals surface area contributed by atoms with E-state index >= 15 is 0 Å². The van der Waals surface area contributed by atoms with Gasteiger partial charge in [-0.15, -0.1) is 0 Å². The average Bonchev–Trinajstić information content (AvgIpc) is 3.20. The highest BCUT2D eigenvalue weighted by Crippen LogP contribution is 2.38. The van der Waals surface area contributed by atoms with Crippen LogP contribution in [0.1, 0.15) is 239 Å². The van der Waals surface area contributed by atoms with E-state index in [2.05, 4.69) is 24.4 Å². The van der Waals surface area contributed by atoms with Crippen LogP contribution in [0.3, 0.4) is 0 Å². The highest BCUT2D eigenvalue weighted by Gasteiger charge is 2.23. The molecule has 0 bridgehead atoms. The number of allylic oxidation sites excluding steroid dienone is 3. The molecule has 0 spiro atoms. The first kappa shape index (κ1) is 48.0. The second kappa shape index (κ2) is 41.3. The molecule has 0 aliphatic carbocycles. The quantitative estimate of drug-likeness (QED) is 0.0273. The molecule has 8 nitrogen and oxygen atoms in total. The third kappa shape index (κ3) is 43.1. The zero-order chi connectivity index (χ0) is 47.1. The Morgan fingerprint density at radius 3 is 1.53 bits per heavy atom. The lowest BCUT2D eigenvalue weighted by Crippen LogP contribution is -2.45. The second-order valence-electron chi connectivity index (χ2n) is 17.7. The van der Waals surface area contributed by atoms with Crippen molar-refractivity contribution < 1.29 is 39.7 Å². The first-order chi connectivity index (χ1) is 29.9. The molecule has 0 aliphatic rings. The van der Waals surface area contributed by atoms with Crippen molar-refractivity contribution in [2.45, 2.75) is 244 Å². The van der Waals surface area contributed by atoms with Crippen molar-refractivity contribution in [2.24, 2.45) is 0 Å². The van der Waals surface area contributed by atoms with Gasteiger partial charge in [-0.3, -0.25) is 9.36 Å². The Morgan fingerprint density at radius 2 is 1.09 bits per heavy atom. The van der Waals surface area contributed by atoms with Crippen LogP contribution in [0.5, 0.6) is 0 Å². The lowest BCUT2D eigenvalue weighted by molar-refractivity contribution is -0.870. The number of quaternary nitrogens is 1. The van der Waals surface area contributed by atoms with Crippen LogP contribution in [0.25, 0.3) is 0 Å². The summed E-state index contributed by atoms with van der Waals surface area (Å²) >= 11 is 0. The number of carbonyl (C=O) groups excluding carboxylic acids is 1. The van der Waals surface area contributed by atoms with Crippen LogP contribution in [0.15, 0.2) is 24.3 Å². The van der Waals surface area contributed by atoms with Gasteiger partial charge in [-0.05, 0) is 44.9 Å². The third-order valence-electron chi connectivity index (χ3n) is 10.9. The predicted molar refractivity (Wildman–Crippen MR) is 247 cm³/mol. The minimum Gasteiger partial charge on any atom is -0.756 e. The number of likely N-dealkylation sites (N-methyl/N-ethyl adjacent to an activating group) is 1. The second-order valence-corrected chi connectivity index (χ2v) is 19.2. The highest BCUT2D eigenvalue weighted by molar-refractivity contribution is 7.45. The van der Waals surface area contributed by atoms with E-state index in [-0.39, 0.29) is 18.9 Å². The smallest absolute Gasteiger partial charge is 0.268 e. The van der Waals surface area contributed by atoms with Crippen LogP contribution in [0.4, 0.5) is 0 Å². The minimum atomic E-state index is -4.60. The minimum absolute atomic E-state index is 0.0140. The molecule has 0 fully saturated rings. The van der Waals surface area contributed by atoms with Crippen molar-refractivity contribution in [2.75, 3.05) is 40.9 Å². The summed E-state index contributed by atoms with van der Waals surface area (Å²) in [6.45, 7) is -0.213. The van der Waals surface area contributed by atoms with Gasteiger partial charge in [0, 0.05) is 13.3 Å². The molecule has 2 N–H and O–H groups in total. The van der Waals surface area contributed by atoms with E-state index in [1.807, 2.05) is 27.2 Å². The van der Waals surface area contributed by atoms with E-state index in [0.717, 1.165) is 77.0 Å². The Balaban J connectivity index is 4.18. The van der Waals surface area contributed by atoms with Gasteiger partial charge in [0.1, 0.15) is 13.2 Å². The van der Waals surface area contributed by atoms with Gasteiger partial charge in [-0.25, -0.2) is 0 Å². The number of aliphatic hydroxyl groups is 1. The maximum Gasteiger partial charge on any atom is 0.268 e. The fourth-order valence-electron chi connectivity index (χ4n) is 6.99. The Kier molecular flexibility index (Phi) is 34.2. The zero-order valence-electron chi connectivity index (χ0n) is 43.3. The van der Waals surface area contributed by atoms with Crippen LogP contribution in [-0.2, 0) is 18.4 Å². The van der Waals surface area contributed by atoms with E-state index < -0.39 is 39.8 Å². The Labute approximate surface area is 367 Å². The van der Waals surface area contributed by atoms with E-state index in [9.17, 15) is 19.4 Å². The number of hydrogen-bond donors (Lipinski definition) is 2. The molecule has 58 heavy (non-hydrogen) atoms. The first-order valence-electron chi connectivity index (χ1n) is 26.6. The summed E-state index contributed by atoms with van der Waals surface area (Å²) in [4.78, 5) is 25.4. The average molecular weight is 846 g/mol. The number of amides is 1. The van der Waals surface area contributed by atoms with Crippen molar-refractivity contribution in [3.05, 3.63) is 24.3 Å². The summed E-state index contributed by atoms with van der Waals surface area (Å²) < 4.78 is 60.4. The van der Waals surface area contributed by atoms with Gasteiger partial charge in [0.2, 0.25) is 5.91 Å². The molecule has 0 rings (SSSR count). The summed E-state index contributed by atoms with van der Waals surface area (Å²) in [5.41, 5.74) is 0. The molecule has 0 heterocycles. The standard InChI is InChI=1S/C49H97N2O6P/c1-6-8-10-12-14-16-18-20-21-22-23-24-25-26-27-28-29-31-33-35-37-39-41-43-49(53)50-47(46-57-58(54,55)56-45-44-51(3,4)5)48(52)42-40-38-36-34-32-30-19-17-15-13-11-9-7-2/h20-21,40,42,47-48,52H,6-19,22-39,41,43-46H2,1-5H3,(H-,50,53,54,55)/b21-20-,42-40+/t47-,48+/m0/s1/i1D3,6D2. The summed E-state index contributed by atoms with van der Waals surface area (Å²) in [6.07, 6.45) is 41.2. The number of rotatable bonds is 45. The number of phosphoric acid groups is 1. The van der Waals surface area contributed by atoms with Gasteiger partial charge in [0.15, 0.2) is 0 Å². The molecule has 0 aromatic carbocycles. The molecule has 0 aromatic rings. The van der Waals surface area contributed by atoms with E-state index in [0.29, 0.717) is 23.9 Å². The lowest BCUT2D eigenvalue weighted by Gasteiger charge is -2.29. The van der Waals surface area contributed by atoms with Gasteiger partial charge in [0.05, 0.1) is 39.9 Å². The highest BCUT2D eigenvalue weighted by atomic mass is 31.2. The molecule has 0 aromatic heterocycles. The van der Waals surface area contributed by atoms with Crippen LogP contribution < -0.4 is 10.2 Å². The number of hydrogen-bond acceptors (Lipinski definition) is 6. The fourth-order valence-corrected chi connectivity index (χ4v) is 7.72. The molecule has 0 aliphatic heterocycles. The van der Waals surface area contributed by atoms with Crippen molar-refractivity contribution in [3.8, 4) is 0 Å². The molecule has 344 valence electrons. The van der Waals surface area contributed by atoms with E-state index in [4.69, 9.17) is 15.9 Å². The van der Waals surface area contributed by atoms with E-state index in [1.54, 1.807) is 6.08 Å². The zero-order valence-corrected chi connectivity index (χ0v) is 39.2. The van der Waals surface area contributed by atoms with Crippen molar-refractivity contribution >= 4 is 13.7 Å². The van der Waals surface area contributed by atoms with Crippen molar-refractivity contribution in [1.29, 1.82) is 0 Å². The molecule has 0 saturated carbocycles. The first-order valence-corrected chi connectivity index (χ1v) is 25.6. The topological polar surface area (TPSA) is 108 Å². The van der Waals surface area contributed by atoms with Gasteiger partial charge in [-0.2, -0.15) is 0 Å². The Morgan fingerprint density at radius 1 is 0.672 bits per heavy atom. The number of aliphatic hydroxyl groups excluding tert-OH is 1. The summed E-state index contributed by atoms with van der Waals surface area (Å²) in [5.74, 6) is -0.218.